The molecule has 8 heteroatoms. The molecule has 1 aromatic heterocycles. The SMILES string of the molecule is CN(CC(=O)NC1CC(C(=O)O)C1)C(=O)c1ccc(Br)o1. The maximum absolute atomic E-state index is 12.0. The highest BCUT2D eigenvalue weighted by molar-refractivity contribution is 9.10. The summed E-state index contributed by atoms with van der Waals surface area (Å²) in [5.41, 5.74) is 0. The van der Waals surface area contributed by atoms with Crippen LogP contribution >= 0.6 is 15.9 Å². The zero-order chi connectivity index (χ0) is 15.6. The van der Waals surface area contributed by atoms with Crippen LogP contribution in [-0.4, -0.2) is 47.4 Å². The van der Waals surface area contributed by atoms with Crippen molar-refractivity contribution in [2.45, 2.75) is 18.9 Å². The summed E-state index contributed by atoms with van der Waals surface area (Å²) in [5, 5.41) is 11.5. The van der Waals surface area contributed by atoms with Crippen molar-refractivity contribution in [3.63, 3.8) is 0 Å². The molecule has 0 bridgehead atoms. The fraction of sp³-hybridized carbons (Fsp3) is 0.462. The maximum Gasteiger partial charge on any atom is 0.306 e. The lowest BCUT2D eigenvalue weighted by molar-refractivity contribution is -0.146. The van der Waals surface area contributed by atoms with Gasteiger partial charge in [-0.15, -0.1) is 0 Å². The number of carboxylic acid groups (broad SMARTS) is 1. The minimum atomic E-state index is -0.837. The molecule has 0 radical (unpaired) electrons. The number of carbonyl (C=O) groups excluding carboxylic acids is 2. The van der Waals surface area contributed by atoms with Crippen LogP contribution in [0.15, 0.2) is 21.2 Å². The Kier molecular flexibility index (Phi) is 4.66. The Balaban J connectivity index is 1.77. The highest BCUT2D eigenvalue weighted by Crippen LogP contribution is 2.27. The lowest BCUT2D eigenvalue weighted by Crippen LogP contribution is -2.49. The summed E-state index contributed by atoms with van der Waals surface area (Å²) in [5.74, 6) is -1.78. The molecular weight excluding hydrogens is 344 g/mol. The number of aliphatic carboxylic acids is 1. The fourth-order valence-corrected chi connectivity index (χ4v) is 2.42. The Hall–Kier alpha value is -1.83. The number of likely N-dealkylation sites (N-methyl/N-ethyl adjacent to an activating group) is 1. The van der Waals surface area contributed by atoms with Crippen molar-refractivity contribution in [2.75, 3.05) is 13.6 Å². The van der Waals surface area contributed by atoms with E-state index in [1.165, 1.54) is 18.0 Å². The van der Waals surface area contributed by atoms with Crippen LogP contribution in [0.4, 0.5) is 0 Å². The van der Waals surface area contributed by atoms with E-state index in [0.29, 0.717) is 17.5 Å². The minimum Gasteiger partial charge on any atom is -0.481 e. The molecule has 0 spiro atoms. The lowest BCUT2D eigenvalue weighted by Gasteiger charge is -2.33. The minimum absolute atomic E-state index is 0.106. The van der Waals surface area contributed by atoms with Gasteiger partial charge in [-0.3, -0.25) is 14.4 Å². The van der Waals surface area contributed by atoms with Gasteiger partial charge in [0.2, 0.25) is 5.91 Å². The summed E-state index contributed by atoms with van der Waals surface area (Å²) in [6.07, 6.45) is 0.869. The number of nitrogens with one attached hydrogen (secondary N) is 1. The van der Waals surface area contributed by atoms with E-state index in [4.69, 9.17) is 9.52 Å². The van der Waals surface area contributed by atoms with Gasteiger partial charge in [-0.05, 0) is 40.9 Å². The third-order valence-corrected chi connectivity index (χ3v) is 3.79. The Morgan fingerprint density at radius 1 is 1.43 bits per heavy atom. The topological polar surface area (TPSA) is 99.9 Å². The summed E-state index contributed by atoms with van der Waals surface area (Å²) >= 11 is 3.10. The van der Waals surface area contributed by atoms with E-state index in [2.05, 4.69) is 21.2 Å². The van der Waals surface area contributed by atoms with Gasteiger partial charge in [-0.2, -0.15) is 0 Å². The van der Waals surface area contributed by atoms with Crippen molar-refractivity contribution in [3.05, 3.63) is 22.6 Å². The summed E-state index contributed by atoms with van der Waals surface area (Å²) in [6, 6.07) is 2.99. The lowest BCUT2D eigenvalue weighted by atomic mass is 9.80. The van der Waals surface area contributed by atoms with Gasteiger partial charge in [0.25, 0.3) is 5.91 Å². The molecule has 0 saturated heterocycles. The number of nitrogens with zero attached hydrogens (tertiary/aromatic N) is 1. The second-order valence-electron chi connectivity index (χ2n) is 5.04. The van der Waals surface area contributed by atoms with Crippen LogP contribution in [0.25, 0.3) is 0 Å². The molecule has 2 amide bonds. The van der Waals surface area contributed by atoms with E-state index < -0.39 is 11.9 Å². The van der Waals surface area contributed by atoms with E-state index >= 15 is 0 Å². The number of furan rings is 1. The van der Waals surface area contributed by atoms with Gasteiger partial charge >= 0.3 is 5.97 Å². The van der Waals surface area contributed by atoms with Crippen molar-refractivity contribution in [3.8, 4) is 0 Å². The van der Waals surface area contributed by atoms with Crippen LogP contribution < -0.4 is 5.32 Å². The van der Waals surface area contributed by atoms with Gasteiger partial charge in [0.15, 0.2) is 10.4 Å². The van der Waals surface area contributed by atoms with E-state index in [0.717, 1.165) is 0 Å². The summed E-state index contributed by atoms with van der Waals surface area (Å²) < 4.78 is 5.57. The predicted octanol–water partition coefficient (Wildman–Crippen LogP) is 1.09. The molecule has 1 saturated carbocycles. The summed E-state index contributed by atoms with van der Waals surface area (Å²) in [7, 11) is 1.50. The average Bonchev–Trinajstić information content (AvgIpc) is 2.78. The molecule has 0 unspecified atom stereocenters. The molecule has 21 heavy (non-hydrogen) atoms. The maximum atomic E-state index is 12.0. The van der Waals surface area contributed by atoms with Gasteiger partial charge < -0.3 is 19.7 Å². The normalized spacial score (nSPS) is 20.5. The van der Waals surface area contributed by atoms with Gasteiger partial charge in [-0.25, -0.2) is 0 Å². The molecule has 1 aliphatic carbocycles. The van der Waals surface area contributed by atoms with Crippen molar-refractivity contribution in [1.29, 1.82) is 0 Å². The molecule has 1 aliphatic rings. The molecular formula is C13H15BrN2O5. The second kappa shape index (κ2) is 6.30. The number of carbonyl (C=O) groups is 3. The summed E-state index contributed by atoms with van der Waals surface area (Å²) in [6.45, 7) is -0.106. The monoisotopic (exact) mass is 358 g/mol. The van der Waals surface area contributed by atoms with E-state index in [9.17, 15) is 14.4 Å². The van der Waals surface area contributed by atoms with Gasteiger partial charge in [0.1, 0.15) is 0 Å². The fourth-order valence-electron chi connectivity index (χ4n) is 2.12. The molecule has 7 nitrogen and oxygen atoms in total. The Morgan fingerprint density at radius 3 is 2.62 bits per heavy atom. The first kappa shape index (κ1) is 15.6. The zero-order valence-corrected chi connectivity index (χ0v) is 12.9. The number of rotatable bonds is 5. The van der Waals surface area contributed by atoms with E-state index in [-0.39, 0.29) is 30.2 Å². The molecule has 1 fully saturated rings. The van der Waals surface area contributed by atoms with Crippen LogP contribution in [0, 0.1) is 5.92 Å². The number of hydrogen-bond donors (Lipinski definition) is 2. The number of halogens is 1. The van der Waals surface area contributed by atoms with Crippen molar-refractivity contribution in [1.82, 2.24) is 10.2 Å². The molecule has 0 aliphatic heterocycles. The first-order chi connectivity index (χ1) is 9.86. The van der Waals surface area contributed by atoms with Crippen LogP contribution in [0.5, 0.6) is 0 Å². The van der Waals surface area contributed by atoms with Crippen molar-refractivity contribution < 1.29 is 23.9 Å². The van der Waals surface area contributed by atoms with E-state index in [1.807, 2.05) is 0 Å². The average molecular weight is 359 g/mol. The Morgan fingerprint density at radius 2 is 2.10 bits per heavy atom. The van der Waals surface area contributed by atoms with Crippen LogP contribution in [0.2, 0.25) is 0 Å². The Bertz CT molecular complexity index is 565. The largest absolute Gasteiger partial charge is 0.481 e. The third-order valence-electron chi connectivity index (χ3n) is 3.36. The van der Waals surface area contributed by atoms with Crippen molar-refractivity contribution >= 4 is 33.7 Å². The molecule has 0 aromatic carbocycles. The molecule has 1 aromatic rings. The summed E-state index contributed by atoms with van der Waals surface area (Å²) in [4.78, 5) is 35.6. The molecule has 2 N–H and O–H groups in total. The highest BCUT2D eigenvalue weighted by atomic mass is 79.9. The zero-order valence-electron chi connectivity index (χ0n) is 11.3. The van der Waals surface area contributed by atoms with Crippen LogP contribution in [-0.2, 0) is 9.59 Å². The third kappa shape index (κ3) is 3.84. The van der Waals surface area contributed by atoms with Gasteiger partial charge in [0.05, 0.1) is 12.5 Å². The molecule has 0 atom stereocenters. The number of carboxylic acids is 1. The van der Waals surface area contributed by atoms with Crippen molar-refractivity contribution in [2.24, 2.45) is 5.92 Å². The molecule has 114 valence electrons. The first-order valence-electron chi connectivity index (χ1n) is 6.39. The van der Waals surface area contributed by atoms with E-state index in [1.54, 1.807) is 6.07 Å². The van der Waals surface area contributed by atoms with Gasteiger partial charge in [-0.1, -0.05) is 0 Å². The molecule has 1 heterocycles. The standard InChI is InChI=1S/C13H15BrN2O5/c1-16(12(18)9-2-3-10(14)21-9)6-11(17)15-8-4-7(5-8)13(19)20/h2-3,7-8H,4-6H2,1H3,(H,15,17)(H,19,20). The quantitative estimate of drug-likeness (QED) is 0.820. The second-order valence-corrected chi connectivity index (χ2v) is 5.82. The number of amides is 2. The number of hydrogen-bond acceptors (Lipinski definition) is 4. The molecule has 2 rings (SSSR count). The smallest absolute Gasteiger partial charge is 0.306 e. The predicted molar refractivity (Wildman–Crippen MR) is 75.7 cm³/mol. The highest BCUT2D eigenvalue weighted by Gasteiger charge is 2.35. The first-order valence-corrected chi connectivity index (χ1v) is 7.19. The van der Waals surface area contributed by atoms with Crippen LogP contribution in [0.3, 0.4) is 0 Å². The Labute approximate surface area is 129 Å². The van der Waals surface area contributed by atoms with Crippen LogP contribution in [0.1, 0.15) is 23.4 Å². The van der Waals surface area contributed by atoms with Gasteiger partial charge in [0, 0.05) is 13.1 Å².